The van der Waals surface area contributed by atoms with Gasteiger partial charge < -0.3 is 5.32 Å². The third-order valence-corrected chi connectivity index (χ3v) is 4.54. The van der Waals surface area contributed by atoms with Gasteiger partial charge in [0.1, 0.15) is 0 Å². The number of halogens is 1. The zero-order chi connectivity index (χ0) is 15.0. The summed E-state index contributed by atoms with van der Waals surface area (Å²) in [7, 11) is 0. The fourth-order valence-corrected chi connectivity index (χ4v) is 3.24. The highest BCUT2D eigenvalue weighted by Crippen LogP contribution is 2.38. The largest absolute Gasteiger partial charge is 0.367 e. The molecule has 2 amide bonds. The van der Waals surface area contributed by atoms with Crippen LogP contribution in [0, 0.1) is 18.8 Å². The summed E-state index contributed by atoms with van der Waals surface area (Å²) in [5.41, 5.74) is 2.02. The number of hydrogen-bond acceptors (Lipinski definition) is 3. The van der Waals surface area contributed by atoms with E-state index < -0.39 is 0 Å². The summed E-state index contributed by atoms with van der Waals surface area (Å²) in [4.78, 5) is 26.1. The Kier molecular flexibility index (Phi) is 3.72. The van der Waals surface area contributed by atoms with Gasteiger partial charge in [0.15, 0.2) is 0 Å². The van der Waals surface area contributed by atoms with E-state index in [2.05, 4.69) is 5.32 Å². The lowest BCUT2D eigenvalue weighted by Gasteiger charge is -2.17. The second-order valence-corrected chi connectivity index (χ2v) is 6.04. The van der Waals surface area contributed by atoms with E-state index >= 15 is 0 Å². The van der Waals surface area contributed by atoms with Crippen LogP contribution in [-0.4, -0.2) is 23.4 Å². The summed E-state index contributed by atoms with van der Waals surface area (Å²) in [6.45, 7) is 2.20. The first-order valence-corrected chi connectivity index (χ1v) is 7.45. The van der Waals surface area contributed by atoms with E-state index in [4.69, 9.17) is 11.6 Å². The van der Waals surface area contributed by atoms with Crippen molar-refractivity contribution in [2.24, 2.45) is 11.8 Å². The number of amides is 2. The van der Waals surface area contributed by atoms with Crippen molar-refractivity contribution in [3.8, 4) is 0 Å². The van der Waals surface area contributed by atoms with Crippen molar-refractivity contribution >= 4 is 29.1 Å². The average molecular weight is 305 g/mol. The van der Waals surface area contributed by atoms with Gasteiger partial charge in [-0.1, -0.05) is 35.9 Å². The molecule has 0 spiro atoms. The summed E-state index contributed by atoms with van der Waals surface area (Å²) >= 11 is 6.00. The highest BCUT2D eigenvalue weighted by molar-refractivity contribution is 6.30. The van der Waals surface area contributed by atoms with E-state index in [-0.39, 0.29) is 30.3 Å². The second-order valence-electron chi connectivity index (χ2n) is 5.56. The molecule has 0 saturated carbocycles. The summed E-state index contributed by atoms with van der Waals surface area (Å²) in [5, 5.41) is 3.86. The lowest BCUT2D eigenvalue weighted by Crippen LogP contribution is -2.35. The van der Waals surface area contributed by atoms with Gasteiger partial charge in [0.2, 0.25) is 11.8 Å². The van der Waals surface area contributed by atoms with Crippen LogP contribution in [0.4, 0.5) is 5.69 Å². The van der Waals surface area contributed by atoms with E-state index in [1.165, 1.54) is 4.90 Å². The van der Waals surface area contributed by atoms with Gasteiger partial charge in [-0.25, -0.2) is 0 Å². The number of fused-ring (bicyclic) bond motifs is 1. The lowest BCUT2D eigenvalue weighted by molar-refractivity contribution is -0.139. The molecule has 4 nitrogen and oxygen atoms in total. The maximum Gasteiger partial charge on any atom is 0.234 e. The molecule has 110 valence electrons. The first-order valence-electron chi connectivity index (χ1n) is 7.07. The van der Waals surface area contributed by atoms with Gasteiger partial charge in [0.25, 0.3) is 0 Å². The third kappa shape index (κ3) is 2.56. The molecule has 21 heavy (non-hydrogen) atoms. The molecular weight excluding hydrogens is 288 g/mol. The number of hydrogen-bond donors (Lipinski definition) is 1. The summed E-state index contributed by atoms with van der Waals surface area (Å²) in [5.74, 6) is -0.726. The third-order valence-electron chi connectivity index (χ3n) is 4.23. The molecule has 1 heterocycles. The van der Waals surface area contributed by atoms with E-state index in [0.717, 1.165) is 11.3 Å². The highest BCUT2D eigenvalue weighted by atomic mass is 35.5. The number of nitrogens with zero attached hydrogens (tertiary/aromatic N) is 1. The Bertz CT molecular complexity index is 626. The zero-order valence-corrected chi connectivity index (χ0v) is 12.6. The van der Waals surface area contributed by atoms with Crippen molar-refractivity contribution in [3.63, 3.8) is 0 Å². The van der Waals surface area contributed by atoms with Crippen molar-refractivity contribution in [2.45, 2.75) is 19.8 Å². The second kappa shape index (κ2) is 5.53. The SMILES string of the molecule is Cc1ccccc1NCN1C(=O)C2CC=C(Cl)CC2C1=O. The minimum absolute atomic E-state index is 0.0912. The molecule has 0 bridgehead atoms. The first-order chi connectivity index (χ1) is 10.1. The van der Waals surface area contributed by atoms with Crippen LogP contribution in [0.2, 0.25) is 0 Å². The Morgan fingerprint density at radius 2 is 1.95 bits per heavy atom. The molecule has 1 N–H and O–H groups in total. The van der Waals surface area contributed by atoms with Crippen LogP contribution in [-0.2, 0) is 9.59 Å². The molecule has 0 radical (unpaired) electrons. The fraction of sp³-hybridized carbons (Fsp3) is 0.375. The van der Waals surface area contributed by atoms with Crippen molar-refractivity contribution < 1.29 is 9.59 Å². The van der Waals surface area contributed by atoms with Crippen molar-refractivity contribution in [3.05, 3.63) is 40.9 Å². The smallest absolute Gasteiger partial charge is 0.234 e. The molecule has 1 aliphatic heterocycles. The molecule has 2 atom stereocenters. The monoisotopic (exact) mass is 304 g/mol. The number of rotatable bonds is 3. The normalized spacial score (nSPS) is 24.9. The van der Waals surface area contributed by atoms with Gasteiger partial charge >= 0.3 is 0 Å². The van der Waals surface area contributed by atoms with Gasteiger partial charge in [0, 0.05) is 10.7 Å². The first kappa shape index (κ1) is 14.1. The van der Waals surface area contributed by atoms with Crippen LogP contribution < -0.4 is 5.32 Å². The van der Waals surface area contributed by atoms with Crippen LogP contribution in [0.15, 0.2) is 35.4 Å². The molecular formula is C16H17ClN2O2. The number of aryl methyl sites for hydroxylation is 1. The Balaban J connectivity index is 1.71. The van der Waals surface area contributed by atoms with E-state index in [9.17, 15) is 9.59 Å². The topological polar surface area (TPSA) is 49.4 Å². The van der Waals surface area contributed by atoms with Crippen LogP contribution >= 0.6 is 11.6 Å². The molecule has 5 heteroatoms. The molecule has 1 aliphatic carbocycles. The van der Waals surface area contributed by atoms with Crippen LogP contribution in [0.1, 0.15) is 18.4 Å². The number of para-hydroxylation sites is 1. The number of imide groups is 1. The summed E-state index contributed by atoms with van der Waals surface area (Å²) in [6.07, 6.45) is 2.90. The Labute approximate surface area is 128 Å². The van der Waals surface area contributed by atoms with Crippen molar-refractivity contribution in [1.29, 1.82) is 0 Å². The predicted octanol–water partition coefficient (Wildman–Crippen LogP) is 2.88. The zero-order valence-electron chi connectivity index (χ0n) is 11.8. The molecule has 1 aromatic carbocycles. The predicted molar refractivity (Wildman–Crippen MR) is 81.7 cm³/mol. The van der Waals surface area contributed by atoms with Gasteiger partial charge in [-0.15, -0.1) is 0 Å². The summed E-state index contributed by atoms with van der Waals surface area (Å²) in [6, 6.07) is 7.80. The maximum atomic E-state index is 12.4. The molecule has 1 fully saturated rings. The van der Waals surface area contributed by atoms with Gasteiger partial charge in [-0.2, -0.15) is 0 Å². The Morgan fingerprint density at radius 1 is 1.24 bits per heavy atom. The number of benzene rings is 1. The van der Waals surface area contributed by atoms with E-state index in [1.807, 2.05) is 37.3 Å². The van der Waals surface area contributed by atoms with Crippen molar-refractivity contribution in [2.75, 3.05) is 12.0 Å². The fourth-order valence-electron chi connectivity index (χ4n) is 2.99. The van der Waals surface area contributed by atoms with Crippen LogP contribution in [0.25, 0.3) is 0 Å². The minimum Gasteiger partial charge on any atom is -0.367 e. The van der Waals surface area contributed by atoms with Gasteiger partial charge in [-0.05, 0) is 31.4 Å². The quantitative estimate of drug-likeness (QED) is 0.874. The number of allylic oxidation sites excluding steroid dienone is 2. The average Bonchev–Trinajstić information content (AvgIpc) is 2.70. The van der Waals surface area contributed by atoms with E-state index in [1.54, 1.807) is 0 Å². The molecule has 3 rings (SSSR count). The highest BCUT2D eigenvalue weighted by Gasteiger charge is 2.48. The number of likely N-dealkylation sites (tertiary alicyclic amines) is 1. The van der Waals surface area contributed by atoms with E-state index in [0.29, 0.717) is 17.9 Å². The number of nitrogens with one attached hydrogen (secondary N) is 1. The lowest BCUT2D eigenvalue weighted by atomic mass is 9.85. The van der Waals surface area contributed by atoms with Gasteiger partial charge in [-0.3, -0.25) is 14.5 Å². The number of anilines is 1. The Morgan fingerprint density at radius 3 is 2.71 bits per heavy atom. The van der Waals surface area contributed by atoms with Crippen LogP contribution in [0.3, 0.4) is 0 Å². The minimum atomic E-state index is -0.284. The number of carbonyl (C=O) groups excluding carboxylic acids is 2. The summed E-state index contributed by atoms with van der Waals surface area (Å²) < 4.78 is 0. The van der Waals surface area contributed by atoms with Crippen molar-refractivity contribution in [1.82, 2.24) is 4.90 Å². The molecule has 0 aromatic heterocycles. The van der Waals surface area contributed by atoms with Crippen LogP contribution in [0.5, 0.6) is 0 Å². The van der Waals surface area contributed by atoms with Gasteiger partial charge in [0.05, 0.1) is 18.5 Å². The maximum absolute atomic E-state index is 12.4. The number of carbonyl (C=O) groups is 2. The molecule has 2 aliphatic rings. The molecule has 2 unspecified atom stereocenters. The standard InChI is InChI=1S/C16H17ClN2O2/c1-10-4-2-3-5-14(10)18-9-19-15(20)12-7-6-11(17)8-13(12)16(19)21/h2-6,12-13,18H,7-9H2,1H3. The Hall–Kier alpha value is -1.81. The molecule has 1 saturated heterocycles. The molecule has 1 aromatic rings.